The number of ether oxygens (including phenoxy) is 2. The van der Waals surface area contributed by atoms with Crippen molar-refractivity contribution in [2.45, 2.75) is 25.3 Å². The van der Waals surface area contributed by atoms with E-state index in [0.717, 1.165) is 5.75 Å². The molecule has 1 saturated heterocycles. The zero-order valence-electron chi connectivity index (χ0n) is 16.1. The van der Waals surface area contributed by atoms with Crippen LogP contribution in [0.15, 0.2) is 47.5 Å². The van der Waals surface area contributed by atoms with Gasteiger partial charge < -0.3 is 19.5 Å². The molecule has 1 aliphatic rings. The van der Waals surface area contributed by atoms with E-state index in [9.17, 15) is 5.11 Å². The normalized spacial score (nSPS) is 16.4. The Bertz CT molecular complexity index is 753. The van der Waals surface area contributed by atoms with Gasteiger partial charge in [0.1, 0.15) is 11.8 Å². The van der Waals surface area contributed by atoms with Crippen LogP contribution in [0.25, 0.3) is 0 Å². The van der Waals surface area contributed by atoms with E-state index >= 15 is 0 Å². The van der Waals surface area contributed by atoms with Gasteiger partial charge in [-0.25, -0.2) is 0 Å². The number of likely N-dealkylation sites (tertiary alicyclic amines) is 1. The largest absolute Gasteiger partial charge is 0.504 e. The molecule has 1 fully saturated rings. The number of para-hydroxylation sites is 1. The van der Waals surface area contributed by atoms with Crippen LogP contribution < -0.4 is 14.4 Å². The number of aromatic hydroxyl groups is 1. The molecule has 0 spiro atoms. The van der Waals surface area contributed by atoms with Gasteiger partial charge in [0.2, 0.25) is 0 Å². The summed E-state index contributed by atoms with van der Waals surface area (Å²) in [5.41, 5.74) is 1.95. The molecule has 1 heterocycles. The molecule has 2 aromatic rings. The van der Waals surface area contributed by atoms with Gasteiger partial charge in [-0.1, -0.05) is 6.07 Å². The van der Waals surface area contributed by atoms with E-state index in [1.807, 2.05) is 24.3 Å². The molecule has 5 heteroatoms. The number of phenols is 1. The second-order valence-corrected chi connectivity index (χ2v) is 6.94. The van der Waals surface area contributed by atoms with Crippen molar-refractivity contribution in [1.29, 1.82) is 0 Å². The number of hydrogen-bond donors (Lipinski definition) is 2. The molecule has 1 aliphatic heterocycles. The van der Waals surface area contributed by atoms with Crippen molar-refractivity contribution in [2.75, 3.05) is 33.9 Å². The van der Waals surface area contributed by atoms with Gasteiger partial charge in [0.25, 0.3) is 0 Å². The van der Waals surface area contributed by atoms with Crippen molar-refractivity contribution in [3.05, 3.63) is 53.6 Å². The van der Waals surface area contributed by atoms with Crippen molar-refractivity contribution in [1.82, 2.24) is 0 Å². The molecule has 5 nitrogen and oxygen atoms in total. The number of methoxy groups -OCH3 is 2. The molecule has 144 valence electrons. The molecule has 0 radical (unpaired) electrons. The van der Waals surface area contributed by atoms with Crippen molar-refractivity contribution in [3.63, 3.8) is 0 Å². The summed E-state index contributed by atoms with van der Waals surface area (Å²) in [6.07, 6.45) is 5.60. The Morgan fingerprint density at radius 2 is 1.78 bits per heavy atom. The van der Waals surface area contributed by atoms with E-state index in [4.69, 9.17) is 9.47 Å². The molecule has 27 heavy (non-hydrogen) atoms. The fourth-order valence-electron chi connectivity index (χ4n) is 3.73. The molecule has 0 amide bonds. The number of phenolic OH excluding ortho intramolecular Hbond substituents is 1. The number of rotatable bonds is 7. The number of nitrogens with one attached hydrogen (secondary N) is 1. The monoisotopic (exact) mass is 369 g/mol. The predicted octanol–water partition coefficient (Wildman–Crippen LogP) is 2.64. The van der Waals surface area contributed by atoms with E-state index in [-0.39, 0.29) is 5.75 Å². The standard InChI is InChI=1S/C22H28N2O3/c1-26-19-11-9-17(10-12-19)20(24-13-4-3-5-14-24)16-23-15-18-7-6-8-21(27-2)22(18)25/h6-12,15,20,25H,3-5,13-14,16H2,1-2H3/p+1/t20-/m0/s1. The topological polar surface area (TPSA) is 55.5 Å². The third kappa shape index (κ3) is 4.80. The first kappa shape index (κ1) is 19.2. The van der Waals surface area contributed by atoms with Crippen LogP contribution in [-0.4, -0.2) is 45.2 Å². The van der Waals surface area contributed by atoms with Crippen molar-refractivity contribution in [2.24, 2.45) is 4.99 Å². The van der Waals surface area contributed by atoms with Gasteiger partial charge in [-0.3, -0.25) is 4.99 Å². The molecule has 0 saturated carbocycles. The fraction of sp³-hybridized carbons (Fsp3) is 0.409. The summed E-state index contributed by atoms with van der Waals surface area (Å²) < 4.78 is 10.5. The van der Waals surface area contributed by atoms with Gasteiger partial charge in [0, 0.05) is 17.3 Å². The fourth-order valence-corrected chi connectivity index (χ4v) is 3.73. The van der Waals surface area contributed by atoms with Crippen molar-refractivity contribution < 1.29 is 19.5 Å². The summed E-state index contributed by atoms with van der Waals surface area (Å²) in [6.45, 7) is 3.03. The highest BCUT2D eigenvalue weighted by Crippen LogP contribution is 2.28. The zero-order chi connectivity index (χ0) is 19.1. The van der Waals surface area contributed by atoms with Gasteiger partial charge in [0.15, 0.2) is 11.5 Å². The summed E-state index contributed by atoms with van der Waals surface area (Å²) >= 11 is 0. The van der Waals surface area contributed by atoms with Crippen LogP contribution in [0.1, 0.15) is 36.4 Å². The van der Waals surface area contributed by atoms with Gasteiger partial charge in [-0.05, 0) is 55.7 Å². The molecule has 2 aromatic carbocycles. The Morgan fingerprint density at radius 3 is 2.44 bits per heavy atom. The van der Waals surface area contributed by atoms with Crippen LogP contribution in [0.5, 0.6) is 17.2 Å². The van der Waals surface area contributed by atoms with Crippen molar-refractivity contribution in [3.8, 4) is 17.2 Å². The number of benzene rings is 2. The first-order valence-corrected chi connectivity index (χ1v) is 9.57. The van der Waals surface area contributed by atoms with E-state index in [2.05, 4.69) is 17.1 Å². The van der Waals surface area contributed by atoms with Crippen LogP contribution in [0.3, 0.4) is 0 Å². The minimum atomic E-state index is 0.134. The molecular weight excluding hydrogens is 340 g/mol. The first-order valence-electron chi connectivity index (χ1n) is 9.57. The van der Waals surface area contributed by atoms with Crippen molar-refractivity contribution >= 4 is 6.21 Å². The third-order valence-corrected chi connectivity index (χ3v) is 5.28. The van der Waals surface area contributed by atoms with E-state index in [1.54, 1.807) is 31.4 Å². The molecular formula is C22H29N2O3+. The summed E-state index contributed by atoms with van der Waals surface area (Å²) in [5.74, 6) is 1.47. The average Bonchev–Trinajstić information content (AvgIpc) is 2.73. The maximum atomic E-state index is 10.2. The third-order valence-electron chi connectivity index (χ3n) is 5.28. The quantitative estimate of drug-likeness (QED) is 0.738. The Balaban J connectivity index is 1.78. The number of piperidine rings is 1. The Kier molecular flexibility index (Phi) is 6.71. The second kappa shape index (κ2) is 9.42. The number of nitrogens with zero attached hydrogens (tertiary/aromatic N) is 1. The lowest BCUT2D eigenvalue weighted by Crippen LogP contribution is -3.13. The van der Waals surface area contributed by atoms with E-state index in [0.29, 0.717) is 23.9 Å². The average molecular weight is 369 g/mol. The lowest BCUT2D eigenvalue weighted by molar-refractivity contribution is -0.934. The molecule has 1 atom stereocenters. The molecule has 0 aliphatic carbocycles. The lowest BCUT2D eigenvalue weighted by atomic mass is 10.0. The summed E-state index contributed by atoms with van der Waals surface area (Å²) in [6, 6.07) is 14.1. The first-order chi connectivity index (χ1) is 13.2. The highest BCUT2D eigenvalue weighted by molar-refractivity contribution is 5.84. The molecule has 0 unspecified atom stereocenters. The van der Waals surface area contributed by atoms with E-state index < -0.39 is 0 Å². The van der Waals surface area contributed by atoms with Crippen LogP contribution in [-0.2, 0) is 0 Å². The lowest BCUT2D eigenvalue weighted by Gasteiger charge is -2.31. The summed E-state index contributed by atoms with van der Waals surface area (Å²) in [5, 5.41) is 10.2. The Labute approximate surface area is 161 Å². The van der Waals surface area contributed by atoms with Crippen LogP contribution in [0.2, 0.25) is 0 Å². The number of hydrogen-bond acceptors (Lipinski definition) is 4. The van der Waals surface area contributed by atoms with Crippen LogP contribution in [0.4, 0.5) is 0 Å². The van der Waals surface area contributed by atoms with Gasteiger partial charge in [-0.15, -0.1) is 0 Å². The SMILES string of the molecule is COc1ccc([C@H](CN=Cc2cccc(OC)c2O)[NH+]2CCCCC2)cc1. The van der Waals surface area contributed by atoms with Gasteiger partial charge in [-0.2, -0.15) is 0 Å². The molecule has 2 N–H and O–H groups in total. The highest BCUT2D eigenvalue weighted by atomic mass is 16.5. The van der Waals surface area contributed by atoms with Gasteiger partial charge in [0.05, 0.1) is 33.9 Å². The minimum Gasteiger partial charge on any atom is -0.504 e. The van der Waals surface area contributed by atoms with E-state index in [1.165, 1.54) is 37.9 Å². The maximum Gasteiger partial charge on any atom is 0.166 e. The van der Waals surface area contributed by atoms with Crippen LogP contribution in [0, 0.1) is 0 Å². The smallest absolute Gasteiger partial charge is 0.166 e. The second-order valence-electron chi connectivity index (χ2n) is 6.94. The predicted molar refractivity (Wildman–Crippen MR) is 107 cm³/mol. The molecule has 0 aromatic heterocycles. The number of quaternary nitrogens is 1. The molecule has 3 rings (SSSR count). The number of aliphatic imine (C=N–C) groups is 1. The van der Waals surface area contributed by atoms with Gasteiger partial charge >= 0.3 is 0 Å². The Hall–Kier alpha value is -2.53. The summed E-state index contributed by atoms with van der Waals surface area (Å²) in [7, 11) is 3.24. The molecule has 0 bridgehead atoms. The zero-order valence-corrected chi connectivity index (χ0v) is 16.1. The van der Waals surface area contributed by atoms with Crippen LogP contribution >= 0.6 is 0 Å². The Morgan fingerprint density at radius 1 is 1.04 bits per heavy atom. The highest BCUT2D eigenvalue weighted by Gasteiger charge is 2.25. The maximum absolute atomic E-state index is 10.2. The minimum absolute atomic E-state index is 0.134. The summed E-state index contributed by atoms with van der Waals surface area (Å²) in [4.78, 5) is 6.26.